The Balaban J connectivity index is 1.94. The smallest absolute Gasteiger partial charge is 0.161 e. The number of hydrogen-bond acceptors (Lipinski definition) is 3. The highest BCUT2D eigenvalue weighted by molar-refractivity contribution is 6.31. The van der Waals surface area contributed by atoms with E-state index < -0.39 is 0 Å². The second-order valence-electron chi connectivity index (χ2n) is 4.76. The fourth-order valence-electron chi connectivity index (χ4n) is 2.28. The van der Waals surface area contributed by atoms with Gasteiger partial charge in [0.05, 0.1) is 19.3 Å². The molecule has 104 valence electrons. The van der Waals surface area contributed by atoms with E-state index in [-0.39, 0.29) is 6.04 Å². The predicted octanol–water partition coefficient (Wildman–Crippen LogP) is 3.55. The molecule has 0 aliphatic carbocycles. The second kappa shape index (κ2) is 5.73. The van der Waals surface area contributed by atoms with Crippen molar-refractivity contribution >= 4 is 11.6 Å². The molecule has 3 rings (SSSR count). The maximum Gasteiger partial charge on any atom is 0.161 e. The average Bonchev–Trinajstić information content (AvgIpc) is 2.71. The monoisotopic (exact) mass is 289 g/mol. The minimum atomic E-state index is -0.277. The SMILES string of the molecule is NC(c1ccc2c(c1)OCCCO2)c1ccccc1Cl. The van der Waals surface area contributed by atoms with Crippen LogP contribution in [0.3, 0.4) is 0 Å². The van der Waals surface area contributed by atoms with Crippen molar-refractivity contribution < 1.29 is 9.47 Å². The molecule has 2 aromatic rings. The Morgan fingerprint density at radius 1 is 1.00 bits per heavy atom. The van der Waals surface area contributed by atoms with Gasteiger partial charge in [-0.1, -0.05) is 35.9 Å². The number of rotatable bonds is 2. The first-order valence-corrected chi connectivity index (χ1v) is 7.03. The Morgan fingerprint density at radius 3 is 2.55 bits per heavy atom. The highest BCUT2D eigenvalue weighted by Gasteiger charge is 2.16. The van der Waals surface area contributed by atoms with E-state index in [4.69, 9.17) is 26.8 Å². The van der Waals surface area contributed by atoms with Gasteiger partial charge in [0.25, 0.3) is 0 Å². The van der Waals surface area contributed by atoms with E-state index in [1.165, 1.54) is 0 Å². The molecular formula is C16H16ClNO2. The van der Waals surface area contributed by atoms with Crippen molar-refractivity contribution in [3.05, 3.63) is 58.6 Å². The Bertz CT molecular complexity index is 615. The summed E-state index contributed by atoms with van der Waals surface area (Å²) in [6.45, 7) is 1.35. The Kier molecular flexibility index (Phi) is 3.81. The first-order valence-electron chi connectivity index (χ1n) is 6.65. The minimum absolute atomic E-state index is 0.277. The van der Waals surface area contributed by atoms with E-state index in [2.05, 4.69) is 0 Å². The summed E-state index contributed by atoms with van der Waals surface area (Å²) in [5, 5.41) is 0.673. The fraction of sp³-hybridized carbons (Fsp3) is 0.250. The molecule has 1 unspecified atom stereocenters. The predicted molar refractivity (Wildman–Crippen MR) is 79.5 cm³/mol. The lowest BCUT2D eigenvalue weighted by Gasteiger charge is -2.16. The van der Waals surface area contributed by atoms with Gasteiger partial charge in [-0.25, -0.2) is 0 Å². The largest absolute Gasteiger partial charge is 0.490 e. The van der Waals surface area contributed by atoms with Gasteiger partial charge < -0.3 is 15.2 Å². The molecule has 1 heterocycles. The van der Waals surface area contributed by atoms with Gasteiger partial charge in [0.2, 0.25) is 0 Å². The number of benzene rings is 2. The molecule has 0 saturated carbocycles. The number of hydrogen-bond donors (Lipinski definition) is 1. The van der Waals surface area contributed by atoms with Crippen LogP contribution < -0.4 is 15.2 Å². The molecule has 0 amide bonds. The Morgan fingerprint density at radius 2 is 1.75 bits per heavy atom. The first-order chi connectivity index (χ1) is 9.75. The fourth-order valence-corrected chi connectivity index (χ4v) is 2.53. The number of halogens is 1. The highest BCUT2D eigenvalue weighted by atomic mass is 35.5. The molecule has 2 aromatic carbocycles. The molecule has 1 aliphatic rings. The van der Waals surface area contributed by atoms with E-state index in [0.717, 1.165) is 29.0 Å². The van der Waals surface area contributed by atoms with Crippen LogP contribution in [0.15, 0.2) is 42.5 Å². The molecule has 20 heavy (non-hydrogen) atoms. The molecule has 0 spiro atoms. The zero-order valence-electron chi connectivity index (χ0n) is 11.0. The van der Waals surface area contributed by atoms with Crippen LogP contribution in [0.5, 0.6) is 11.5 Å². The lowest BCUT2D eigenvalue weighted by atomic mass is 9.99. The summed E-state index contributed by atoms with van der Waals surface area (Å²) in [6, 6.07) is 13.1. The average molecular weight is 290 g/mol. The standard InChI is InChI=1S/C16H16ClNO2/c17-13-5-2-1-4-12(13)16(18)11-6-7-14-15(10-11)20-9-3-8-19-14/h1-2,4-7,10,16H,3,8-9,18H2. The molecule has 0 saturated heterocycles. The zero-order valence-corrected chi connectivity index (χ0v) is 11.8. The molecule has 0 bridgehead atoms. The third-order valence-corrected chi connectivity index (χ3v) is 3.72. The second-order valence-corrected chi connectivity index (χ2v) is 5.16. The van der Waals surface area contributed by atoms with Crippen LogP contribution in [-0.4, -0.2) is 13.2 Å². The van der Waals surface area contributed by atoms with E-state index in [1.54, 1.807) is 0 Å². The van der Waals surface area contributed by atoms with Crippen molar-refractivity contribution in [3.8, 4) is 11.5 Å². The van der Waals surface area contributed by atoms with Gasteiger partial charge in [-0.15, -0.1) is 0 Å². The van der Waals surface area contributed by atoms with Crippen LogP contribution in [0, 0.1) is 0 Å². The minimum Gasteiger partial charge on any atom is -0.490 e. The lowest BCUT2D eigenvalue weighted by Crippen LogP contribution is -2.12. The third-order valence-electron chi connectivity index (χ3n) is 3.37. The molecule has 2 N–H and O–H groups in total. The van der Waals surface area contributed by atoms with E-state index >= 15 is 0 Å². The van der Waals surface area contributed by atoms with Crippen LogP contribution in [-0.2, 0) is 0 Å². The van der Waals surface area contributed by atoms with Crippen molar-refractivity contribution in [2.24, 2.45) is 5.73 Å². The Hall–Kier alpha value is -1.71. The van der Waals surface area contributed by atoms with Gasteiger partial charge in [-0.2, -0.15) is 0 Å². The van der Waals surface area contributed by atoms with Crippen molar-refractivity contribution in [2.45, 2.75) is 12.5 Å². The summed E-state index contributed by atoms with van der Waals surface area (Å²) in [5.41, 5.74) is 8.18. The third kappa shape index (κ3) is 2.60. The molecule has 1 atom stereocenters. The highest BCUT2D eigenvalue weighted by Crippen LogP contribution is 2.34. The summed E-state index contributed by atoms with van der Waals surface area (Å²) < 4.78 is 11.3. The van der Waals surface area contributed by atoms with E-state index in [9.17, 15) is 0 Å². The maximum absolute atomic E-state index is 6.31. The molecule has 0 aromatic heterocycles. The topological polar surface area (TPSA) is 44.5 Å². The summed E-state index contributed by atoms with van der Waals surface area (Å²) >= 11 is 6.20. The number of fused-ring (bicyclic) bond motifs is 1. The normalized spacial score (nSPS) is 15.5. The van der Waals surface area contributed by atoms with Gasteiger partial charge in [0.1, 0.15) is 0 Å². The summed E-state index contributed by atoms with van der Waals surface area (Å²) in [6.07, 6.45) is 0.889. The quantitative estimate of drug-likeness (QED) is 0.919. The van der Waals surface area contributed by atoms with Crippen molar-refractivity contribution in [1.29, 1.82) is 0 Å². The van der Waals surface area contributed by atoms with Crippen molar-refractivity contribution in [2.75, 3.05) is 13.2 Å². The lowest BCUT2D eigenvalue weighted by molar-refractivity contribution is 0.297. The van der Waals surface area contributed by atoms with Gasteiger partial charge in [0, 0.05) is 11.4 Å². The summed E-state index contributed by atoms with van der Waals surface area (Å²) in [4.78, 5) is 0. The number of nitrogens with two attached hydrogens (primary N) is 1. The van der Waals surface area contributed by atoms with Gasteiger partial charge in [-0.3, -0.25) is 0 Å². The van der Waals surface area contributed by atoms with Crippen LogP contribution >= 0.6 is 11.6 Å². The Labute approximate surface area is 123 Å². The summed E-state index contributed by atoms with van der Waals surface area (Å²) in [7, 11) is 0. The zero-order chi connectivity index (χ0) is 13.9. The van der Waals surface area contributed by atoms with Crippen molar-refractivity contribution in [1.82, 2.24) is 0 Å². The van der Waals surface area contributed by atoms with E-state index in [1.807, 2.05) is 42.5 Å². The summed E-state index contributed by atoms with van der Waals surface area (Å²) in [5.74, 6) is 1.53. The molecule has 0 radical (unpaired) electrons. The van der Waals surface area contributed by atoms with Crippen LogP contribution in [0.4, 0.5) is 0 Å². The van der Waals surface area contributed by atoms with E-state index in [0.29, 0.717) is 18.2 Å². The van der Waals surface area contributed by atoms with Crippen LogP contribution in [0.25, 0.3) is 0 Å². The molecule has 3 nitrogen and oxygen atoms in total. The van der Waals surface area contributed by atoms with Gasteiger partial charge >= 0.3 is 0 Å². The molecule has 0 fully saturated rings. The molecule has 1 aliphatic heterocycles. The first kappa shape index (κ1) is 13.3. The van der Waals surface area contributed by atoms with Crippen molar-refractivity contribution in [3.63, 3.8) is 0 Å². The van der Waals surface area contributed by atoms with Gasteiger partial charge in [-0.05, 0) is 29.3 Å². The maximum atomic E-state index is 6.31. The molecule has 4 heteroatoms. The van der Waals surface area contributed by atoms with Crippen LogP contribution in [0.1, 0.15) is 23.6 Å². The molecular weight excluding hydrogens is 274 g/mol. The van der Waals surface area contributed by atoms with Gasteiger partial charge in [0.15, 0.2) is 11.5 Å². The van der Waals surface area contributed by atoms with Crippen LogP contribution in [0.2, 0.25) is 5.02 Å². The number of ether oxygens (including phenoxy) is 2.